The molecule has 0 radical (unpaired) electrons. The molecule has 2 aliphatic heterocycles. The molecule has 1 aromatic heterocycles. The van der Waals surface area contributed by atoms with E-state index >= 15 is 0 Å². The number of carbonyl (C=O) groups excluding carboxylic acids is 1. The van der Waals surface area contributed by atoms with Crippen LogP contribution in [-0.4, -0.2) is 53.3 Å². The van der Waals surface area contributed by atoms with E-state index in [4.69, 9.17) is 10.5 Å². The minimum absolute atomic E-state index is 0.00629. The van der Waals surface area contributed by atoms with Crippen LogP contribution in [0, 0.1) is 5.82 Å². The maximum atomic E-state index is 14.6. The Hall–Kier alpha value is -3.56. The predicted molar refractivity (Wildman–Crippen MR) is 121 cm³/mol. The van der Waals surface area contributed by atoms with Crippen molar-refractivity contribution in [1.82, 2.24) is 15.3 Å². The third-order valence-electron chi connectivity index (χ3n) is 6.34. The van der Waals surface area contributed by atoms with Gasteiger partial charge in [-0.25, -0.2) is 14.4 Å². The lowest BCUT2D eigenvalue weighted by Gasteiger charge is -2.31. The number of carbonyl (C=O) groups is 1. The third kappa shape index (κ3) is 3.69. The number of benzene rings is 2. The Morgan fingerprint density at radius 2 is 2.18 bits per heavy atom. The number of aliphatic hydroxyl groups excluding tert-OH is 1. The molecule has 9 heteroatoms. The van der Waals surface area contributed by atoms with Crippen molar-refractivity contribution in [3.8, 4) is 28.3 Å². The molecule has 0 spiro atoms. The van der Waals surface area contributed by atoms with Crippen LogP contribution in [0.25, 0.3) is 22.5 Å². The molecule has 2 fully saturated rings. The maximum absolute atomic E-state index is 14.6. The van der Waals surface area contributed by atoms with E-state index in [0.717, 1.165) is 25.2 Å². The summed E-state index contributed by atoms with van der Waals surface area (Å²) in [5.74, 6) is -1.07. The molecule has 3 heterocycles. The molecule has 33 heavy (non-hydrogen) atoms. The van der Waals surface area contributed by atoms with E-state index in [2.05, 4.69) is 20.2 Å². The van der Waals surface area contributed by atoms with E-state index in [-0.39, 0.29) is 29.4 Å². The van der Waals surface area contributed by atoms with Gasteiger partial charge in [0.2, 0.25) is 0 Å². The fourth-order valence-electron chi connectivity index (χ4n) is 4.78. The number of nitrogens with one attached hydrogen (secondary N) is 1. The largest absolute Gasteiger partial charge is 0.496 e. The number of piperazine rings is 1. The van der Waals surface area contributed by atoms with Gasteiger partial charge in [0.1, 0.15) is 17.3 Å². The molecule has 3 aromatic rings. The van der Waals surface area contributed by atoms with Crippen LogP contribution >= 0.6 is 0 Å². The first-order chi connectivity index (χ1) is 16.0. The number of aliphatic hydroxyl groups is 1. The Kier molecular flexibility index (Phi) is 5.43. The first-order valence-electron chi connectivity index (χ1n) is 10.7. The van der Waals surface area contributed by atoms with Crippen LogP contribution in [0.4, 0.5) is 10.1 Å². The van der Waals surface area contributed by atoms with Crippen LogP contribution in [-0.2, 0) is 6.61 Å². The van der Waals surface area contributed by atoms with Crippen LogP contribution in [0.15, 0.2) is 42.6 Å². The molecule has 8 nitrogen and oxygen atoms in total. The Morgan fingerprint density at radius 1 is 1.33 bits per heavy atom. The number of hydrogen-bond acceptors (Lipinski definition) is 7. The van der Waals surface area contributed by atoms with Gasteiger partial charge in [0.15, 0.2) is 5.82 Å². The molecule has 4 N–H and O–H groups in total. The van der Waals surface area contributed by atoms with Crippen molar-refractivity contribution in [3.05, 3.63) is 59.7 Å². The molecule has 2 bridgehead atoms. The van der Waals surface area contributed by atoms with Crippen molar-refractivity contribution < 1.29 is 19.0 Å². The smallest absolute Gasteiger partial charge is 0.268 e. The first kappa shape index (κ1) is 21.3. The molecule has 2 atom stereocenters. The number of anilines is 1. The van der Waals surface area contributed by atoms with Crippen LogP contribution in [0.1, 0.15) is 22.5 Å². The van der Waals surface area contributed by atoms with Crippen molar-refractivity contribution in [2.45, 2.75) is 25.1 Å². The van der Waals surface area contributed by atoms with Crippen molar-refractivity contribution in [2.24, 2.45) is 5.73 Å². The zero-order valence-corrected chi connectivity index (χ0v) is 18.1. The highest BCUT2D eigenvalue weighted by Gasteiger charge is 2.38. The monoisotopic (exact) mass is 449 g/mol. The Morgan fingerprint density at radius 3 is 2.85 bits per heavy atom. The molecule has 2 saturated heterocycles. The van der Waals surface area contributed by atoms with Crippen LogP contribution in [0.3, 0.4) is 0 Å². The first-order valence-corrected chi connectivity index (χ1v) is 10.7. The fraction of sp³-hybridized carbons (Fsp3) is 0.292. The number of primary amides is 1. The third-order valence-corrected chi connectivity index (χ3v) is 6.34. The van der Waals surface area contributed by atoms with E-state index in [1.54, 1.807) is 6.07 Å². The number of methoxy groups -OCH3 is 1. The number of aromatic nitrogens is 2. The van der Waals surface area contributed by atoms with E-state index < -0.39 is 11.7 Å². The van der Waals surface area contributed by atoms with Gasteiger partial charge in [0.25, 0.3) is 5.91 Å². The van der Waals surface area contributed by atoms with E-state index in [1.165, 1.54) is 25.4 Å². The quantitative estimate of drug-likeness (QED) is 0.528. The second-order valence-corrected chi connectivity index (χ2v) is 8.29. The number of nitrogens with two attached hydrogens (primary N) is 1. The second kappa shape index (κ2) is 8.42. The molecule has 170 valence electrons. The Labute approximate surface area is 190 Å². The van der Waals surface area contributed by atoms with Crippen LogP contribution in [0.2, 0.25) is 0 Å². The molecular weight excluding hydrogens is 425 g/mol. The summed E-state index contributed by atoms with van der Waals surface area (Å²) >= 11 is 0. The molecule has 0 saturated carbocycles. The van der Waals surface area contributed by atoms with Gasteiger partial charge in [-0.05, 0) is 36.2 Å². The number of hydrogen-bond donors (Lipinski definition) is 3. The average Bonchev–Trinajstić information content (AvgIpc) is 3.47. The topological polar surface area (TPSA) is 114 Å². The number of ether oxygens (including phenoxy) is 1. The number of nitrogens with zero attached hydrogens (tertiary/aromatic N) is 3. The summed E-state index contributed by atoms with van der Waals surface area (Å²) in [6.45, 7) is 1.57. The number of fused-ring (bicyclic) bond motifs is 2. The highest BCUT2D eigenvalue weighted by Crippen LogP contribution is 2.39. The van der Waals surface area contributed by atoms with E-state index in [1.807, 2.05) is 18.2 Å². The molecule has 5 rings (SSSR count). The maximum Gasteiger partial charge on any atom is 0.268 e. The van der Waals surface area contributed by atoms with Crippen molar-refractivity contribution in [3.63, 3.8) is 0 Å². The minimum Gasteiger partial charge on any atom is -0.496 e. The second-order valence-electron chi connectivity index (χ2n) is 8.29. The number of halogens is 1. The summed E-state index contributed by atoms with van der Waals surface area (Å²) in [6, 6.07) is 10.8. The van der Waals surface area contributed by atoms with Crippen molar-refractivity contribution in [2.75, 3.05) is 25.1 Å². The van der Waals surface area contributed by atoms with Crippen LogP contribution in [0.5, 0.6) is 5.75 Å². The van der Waals surface area contributed by atoms with Gasteiger partial charge in [-0.15, -0.1) is 0 Å². The molecule has 1 amide bonds. The summed E-state index contributed by atoms with van der Waals surface area (Å²) in [5, 5.41) is 13.2. The van der Waals surface area contributed by atoms with E-state index in [9.17, 15) is 14.3 Å². The van der Waals surface area contributed by atoms with Crippen molar-refractivity contribution in [1.29, 1.82) is 0 Å². The van der Waals surface area contributed by atoms with Crippen molar-refractivity contribution >= 4 is 11.6 Å². The summed E-state index contributed by atoms with van der Waals surface area (Å²) in [4.78, 5) is 23.5. The number of rotatable bonds is 6. The lowest BCUT2D eigenvalue weighted by Crippen LogP contribution is -2.43. The Balaban J connectivity index is 1.67. The molecule has 2 aliphatic rings. The van der Waals surface area contributed by atoms with Gasteiger partial charge in [-0.2, -0.15) is 0 Å². The average molecular weight is 449 g/mol. The van der Waals surface area contributed by atoms with E-state index in [0.29, 0.717) is 28.8 Å². The summed E-state index contributed by atoms with van der Waals surface area (Å²) < 4.78 is 19.9. The van der Waals surface area contributed by atoms with Gasteiger partial charge < -0.3 is 25.8 Å². The molecular formula is C24H24FN5O3. The van der Waals surface area contributed by atoms with Crippen LogP contribution < -0.4 is 20.7 Å². The fourth-order valence-corrected chi connectivity index (χ4v) is 4.78. The lowest BCUT2D eigenvalue weighted by molar-refractivity contribution is 0.0996. The van der Waals surface area contributed by atoms with Gasteiger partial charge in [-0.3, -0.25) is 4.79 Å². The SMILES string of the molecule is COc1cccc(F)c1-c1ncc(-c2cc(CO)ccc2N2C[C@H]3C[C@@H]2CN3)c(C(N)=O)n1. The van der Waals surface area contributed by atoms with Gasteiger partial charge in [0.05, 0.1) is 19.3 Å². The van der Waals surface area contributed by atoms with Gasteiger partial charge in [0, 0.05) is 48.2 Å². The highest BCUT2D eigenvalue weighted by atomic mass is 19.1. The normalized spacial score (nSPS) is 19.2. The van der Waals surface area contributed by atoms with Gasteiger partial charge >= 0.3 is 0 Å². The molecule has 2 aromatic carbocycles. The standard InChI is InChI=1S/C24H24FN5O3/c1-33-20-4-2-3-18(25)21(20)24-28-10-17(22(29-24)23(26)32)16-7-13(12-31)5-6-19(16)30-11-14-8-15(30)9-27-14/h2-7,10,14-15,27,31H,8-9,11-12H2,1H3,(H2,26,32)/t14-,15-/m1/s1. The summed E-state index contributed by atoms with van der Waals surface area (Å²) in [7, 11) is 1.42. The zero-order chi connectivity index (χ0) is 23.1. The predicted octanol–water partition coefficient (Wildman–Crippen LogP) is 2.10. The number of amides is 1. The summed E-state index contributed by atoms with van der Waals surface area (Å²) in [5.41, 5.74) is 8.49. The highest BCUT2D eigenvalue weighted by molar-refractivity contribution is 6.00. The molecule has 0 aliphatic carbocycles. The Bertz CT molecular complexity index is 1230. The summed E-state index contributed by atoms with van der Waals surface area (Å²) in [6.07, 6.45) is 2.53. The van der Waals surface area contributed by atoms with Gasteiger partial charge in [-0.1, -0.05) is 12.1 Å². The minimum atomic E-state index is -0.756. The zero-order valence-electron chi connectivity index (χ0n) is 18.1. The molecule has 0 unspecified atom stereocenters. The lowest BCUT2D eigenvalue weighted by atomic mass is 9.98.